The van der Waals surface area contributed by atoms with E-state index in [1.54, 1.807) is 0 Å². The Morgan fingerprint density at radius 3 is 1.72 bits per heavy atom. The fourth-order valence-electron chi connectivity index (χ4n) is 3.72. The summed E-state index contributed by atoms with van der Waals surface area (Å²) < 4.78 is 30.0. The number of hydrogen-bond acceptors (Lipinski definition) is 8. The molecule has 39 heavy (non-hydrogen) atoms. The van der Waals surface area contributed by atoms with Crippen LogP contribution in [0.4, 0.5) is 0 Å². The maximum atomic E-state index is 11.6. The van der Waals surface area contributed by atoms with Crippen molar-refractivity contribution in [1.82, 2.24) is 0 Å². The maximum absolute atomic E-state index is 11.6. The molecule has 0 aliphatic heterocycles. The molecule has 2 rings (SSSR count). The van der Waals surface area contributed by atoms with Gasteiger partial charge >= 0.3 is 0 Å². The van der Waals surface area contributed by atoms with E-state index >= 15 is 0 Å². The summed E-state index contributed by atoms with van der Waals surface area (Å²) >= 11 is 0. The number of ether oxygens (including phenoxy) is 4. The van der Waals surface area contributed by atoms with Crippen molar-refractivity contribution in [3.8, 4) is 0 Å². The molecule has 0 fully saturated rings. The van der Waals surface area contributed by atoms with Crippen molar-refractivity contribution in [2.24, 2.45) is 0 Å². The zero-order valence-corrected chi connectivity index (χ0v) is 25.4. The predicted molar refractivity (Wildman–Crippen MR) is 154 cm³/mol. The highest BCUT2D eigenvalue weighted by molar-refractivity contribution is 6.74. The van der Waals surface area contributed by atoms with Gasteiger partial charge in [0.1, 0.15) is 37.3 Å². The van der Waals surface area contributed by atoms with Crippen LogP contribution in [-0.2, 0) is 36.6 Å². The molecule has 0 spiro atoms. The van der Waals surface area contributed by atoms with Crippen LogP contribution < -0.4 is 0 Å². The lowest BCUT2D eigenvalue weighted by molar-refractivity contribution is -0.217. The third-order valence-corrected chi connectivity index (χ3v) is 11.8. The highest BCUT2D eigenvalue weighted by atomic mass is 28.4. The van der Waals surface area contributed by atoms with Gasteiger partial charge in [0, 0.05) is 7.11 Å². The molecule has 0 aliphatic rings. The van der Waals surface area contributed by atoms with Gasteiger partial charge in [-0.25, -0.2) is 0 Å². The Labute approximate surface area is 235 Å². The van der Waals surface area contributed by atoms with Gasteiger partial charge in [-0.1, -0.05) is 81.4 Å². The summed E-state index contributed by atoms with van der Waals surface area (Å²) in [5.41, 5.74) is 1.87. The van der Waals surface area contributed by atoms with Crippen molar-refractivity contribution < 1.29 is 38.7 Å². The van der Waals surface area contributed by atoms with Crippen molar-refractivity contribution in [3.05, 3.63) is 71.8 Å². The number of hydrogen-bond donors (Lipinski definition) is 3. The SMILES string of the molecule is COCO[C@H]([C@@H](O)[C@@H](C)O)[C@H](O)[C@H](OCc1ccccc1)[C@@H](CO[Si](C)(C)C(C)(C)C)OCc1ccccc1. The molecule has 0 saturated carbocycles. The molecular weight excluding hydrogens is 516 g/mol. The van der Waals surface area contributed by atoms with Crippen LogP contribution in [0.3, 0.4) is 0 Å². The summed E-state index contributed by atoms with van der Waals surface area (Å²) in [6, 6.07) is 19.3. The Morgan fingerprint density at radius 2 is 1.26 bits per heavy atom. The molecule has 6 atom stereocenters. The van der Waals surface area contributed by atoms with Crippen LogP contribution in [0.15, 0.2) is 60.7 Å². The van der Waals surface area contributed by atoms with Gasteiger partial charge < -0.3 is 38.7 Å². The molecule has 2 aromatic carbocycles. The summed E-state index contributed by atoms with van der Waals surface area (Å²) in [7, 11) is -0.744. The van der Waals surface area contributed by atoms with Gasteiger partial charge in [-0.3, -0.25) is 0 Å². The molecule has 0 aliphatic carbocycles. The Balaban J connectivity index is 2.42. The van der Waals surface area contributed by atoms with Crippen LogP contribution in [0.5, 0.6) is 0 Å². The normalized spacial score (nSPS) is 17.3. The predicted octanol–water partition coefficient (Wildman–Crippen LogP) is 4.27. The van der Waals surface area contributed by atoms with E-state index in [4.69, 9.17) is 23.4 Å². The van der Waals surface area contributed by atoms with Gasteiger partial charge in [0.05, 0.1) is 25.9 Å². The first-order valence-corrected chi connectivity index (χ1v) is 16.4. The number of aliphatic hydroxyl groups is 3. The van der Waals surface area contributed by atoms with Gasteiger partial charge in [0.15, 0.2) is 8.32 Å². The molecule has 0 radical (unpaired) electrons. The third-order valence-electron chi connectivity index (χ3n) is 7.26. The molecule has 220 valence electrons. The number of rotatable bonds is 17. The molecular formula is C30H48O8Si. The van der Waals surface area contributed by atoms with E-state index < -0.39 is 44.9 Å². The fourth-order valence-corrected chi connectivity index (χ4v) is 4.74. The van der Waals surface area contributed by atoms with Crippen LogP contribution in [0.1, 0.15) is 38.8 Å². The molecule has 0 heterocycles. The molecule has 9 heteroatoms. The lowest BCUT2D eigenvalue weighted by atomic mass is 9.96. The lowest BCUT2D eigenvalue weighted by Gasteiger charge is -2.40. The lowest BCUT2D eigenvalue weighted by Crippen LogP contribution is -2.56. The standard InChI is InChI=1S/C30H48O8Si/c1-22(31)26(32)29(37-21-34-5)27(33)28(36-19-24-16-12-9-13-17-24)25(20-38-39(6,7)30(2,3)4)35-18-23-14-10-8-11-15-23/h8-17,22,25-29,31-33H,18-21H2,1-7H3/t22-,25-,26+,27-,28-,29-/m1/s1. The molecule has 0 bridgehead atoms. The van der Waals surface area contributed by atoms with E-state index in [2.05, 4.69) is 33.9 Å². The third kappa shape index (κ3) is 10.7. The number of aliphatic hydroxyl groups excluding tert-OH is 3. The van der Waals surface area contributed by atoms with E-state index in [0.29, 0.717) is 0 Å². The first kappa shape index (κ1) is 33.5. The Kier molecular flexibility index (Phi) is 13.7. The summed E-state index contributed by atoms with van der Waals surface area (Å²) in [4.78, 5) is 0. The van der Waals surface area contributed by atoms with Gasteiger partial charge in [-0.2, -0.15) is 0 Å². The molecule has 2 aromatic rings. The van der Waals surface area contributed by atoms with E-state index in [0.717, 1.165) is 11.1 Å². The van der Waals surface area contributed by atoms with Gasteiger partial charge in [0.25, 0.3) is 0 Å². The smallest absolute Gasteiger partial charge is 0.192 e. The van der Waals surface area contributed by atoms with E-state index in [1.807, 2.05) is 60.7 Å². The van der Waals surface area contributed by atoms with Crippen molar-refractivity contribution >= 4 is 8.32 Å². The van der Waals surface area contributed by atoms with Crippen molar-refractivity contribution in [2.45, 2.75) is 95.7 Å². The van der Waals surface area contributed by atoms with Crippen molar-refractivity contribution in [2.75, 3.05) is 20.5 Å². The maximum Gasteiger partial charge on any atom is 0.192 e. The average Bonchev–Trinajstić information content (AvgIpc) is 2.90. The zero-order chi connectivity index (χ0) is 29.1. The summed E-state index contributed by atoms with van der Waals surface area (Å²) in [5, 5.41) is 32.5. The van der Waals surface area contributed by atoms with Gasteiger partial charge in [0.2, 0.25) is 0 Å². The van der Waals surface area contributed by atoms with Gasteiger partial charge in [-0.05, 0) is 36.2 Å². The molecule has 0 aromatic heterocycles. The first-order chi connectivity index (χ1) is 18.4. The molecule has 0 unspecified atom stereocenters. The Hall–Kier alpha value is -1.66. The number of benzene rings is 2. The zero-order valence-electron chi connectivity index (χ0n) is 24.4. The van der Waals surface area contributed by atoms with Crippen LogP contribution in [0.25, 0.3) is 0 Å². The number of methoxy groups -OCH3 is 1. The highest BCUT2D eigenvalue weighted by Gasteiger charge is 2.43. The van der Waals surface area contributed by atoms with Crippen LogP contribution >= 0.6 is 0 Å². The first-order valence-electron chi connectivity index (χ1n) is 13.5. The summed E-state index contributed by atoms with van der Waals surface area (Å²) in [6.07, 6.45) is -6.82. The van der Waals surface area contributed by atoms with E-state index in [-0.39, 0.29) is 31.7 Å². The summed E-state index contributed by atoms with van der Waals surface area (Å²) in [5.74, 6) is 0. The van der Waals surface area contributed by atoms with Gasteiger partial charge in [-0.15, -0.1) is 0 Å². The Morgan fingerprint density at radius 1 is 0.744 bits per heavy atom. The fraction of sp³-hybridized carbons (Fsp3) is 0.600. The summed E-state index contributed by atoms with van der Waals surface area (Å²) in [6.45, 7) is 12.7. The monoisotopic (exact) mass is 564 g/mol. The molecule has 0 amide bonds. The van der Waals surface area contributed by atoms with Crippen molar-refractivity contribution in [3.63, 3.8) is 0 Å². The van der Waals surface area contributed by atoms with E-state index in [9.17, 15) is 15.3 Å². The van der Waals surface area contributed by atoms with Crippen LogP contribution in [0, 0.1) is 0 Å². The molecule has 0 saturated heterocycles. The molecule has 8 nitrogen and oxygen atoms in total. The minimum Gasteiger partial charge on any atom is -0.414 e. The Bertz CT molecular complexity index is 920. The van der Waals surface area contributed by atoms with E-state index in [1.165, 1.54) is 14.0 Å². The quantitative estimate of drug-likeness (QED) is 0.193. The van der Waals surface area contributed by atoms with Crippen molar-refractivity contribution in [1.29, 1.82) is 0 Å². The van der Waals surface area contributed by atoms with Crippen LogP contribution in [-0.4, -0.2) is 80.8 Å². The second-order valence-electron chi connectivity index (χ2n) is 11.4. The second-order valence-corrected chi connectivity index (χ2v) is 16.2. The second kappa shape index (κ2) is 15.9. The largest absolute Gasteiger partial charge is 0.414 e. The average molecular weight is 565 g/mol. The minimum atomic E-state index is -2.19. The highest BCUT2D eigenvalue weighted by Crippen LogP contribution is 2.37. The topological polar surface area (TPSA) is 107 Å². The van der Waals surface area contributed by atoms with Crippen LogP contribution in [0.2, 0.25) is 18.1 Å². The minimum absolute atomic E-state index is 0.0391. The molecule has 3 N–H and O–H groups in total.